The molecule has 0 aromatic rings. The molecule has 1 amide bonds. The Morgan fingerprint density at radius 3 is 2.47 bits per heavy atom. The van der Waals surface area contributed by atoms with Crippen molar-refractivity contribution in [2.24, 2.45) is 0 Å². The van der Waals surface area contributed by atoms with Crippen molar-refractivity contribution in [2.75, 3.05) is 20.6 Å². The molecule has 6 heteroatoms. The van der Waals surface area contributed by atoms with Crippen molar-refractivity contribution in [3.63, 3.8) is 0 Å². The van der Waals surface area contributed by atoms with E-state index < -0.39 is 24.2 Å². The number of carbonyl (C=O) groups is 1. The van der Waals surface area contributed by atoms with E-state index in [9.17, 15) is 13.6 Å². The van der Waals surface area contributed by atoms with Crippen LogP contribution in [0.15, 0.2) is 0 Å². The molecule has 1 aliphatic rings. The summed E-state index contributed by atoms with van der Waals surface area (Å²) in [5.74, 6) is 0. The van der Waals surface area contributed by atoms with Gasteiger partial charge < -0.3 is 9.64 Å². The summed E-state index contributed by atoms with van der Waals surface area (Å²) in [6.07, 6.45) is -1.87. The van der Waals surface area contributed by atoms with Crippen molar-refractivity contribution in [1.82, 2.24) is 9.80 Å². The van der Waals surface area contributed by atoms with E-state index in [0.29, 0.717) is 13.0 Å². The number of piperidine rings is 1. The number of hydrogen-bond acceptors (Lipinski definition) is 3. The predicted molar refractivity (Wildman–Crippen MR) is 69.4 cm³/mol. The summed E-state index contributed by atoms with van der Waals surface area (Å²) in [5.41, 5.74) is -0.571. The molecule has 0 aromatic carbocycles. The highest BCUT2D eigenvalue weighted by Gasteiger charge is 2.36. The van der Waals surface area contributed by atoms with Crippen LogP contribution >= 0.6 is 0 Å². The molecule has 0 bridgehead atoms. The molecule has 2 unspecified atom stereocenters. The van der Waals surface area contributed by atoms with Gasteiger partial charge >= 0.3 is 6.09 Å². The van der Waals surface area contributed by atoms with Crippen molar-refractivity contribution in [2.45, 2.75) is 57.7 Å². The first kappa shape index (κ1) is 16.1. The molecule has 1 rings (SSSR count). The molecule has 1 fully saturated rings. The molecular weight excluding hydrogens is 254 g/mol. The van der Waals surface area contributed by atoms with Crippen molar-refractivity contribution < 1.29 is 18.3 Å². The minimum Gasteiger partial charge on any atom is -0.444 e. The van der Waals surface area contributed by atoms with Gasteiger partial charge in [0.15, 0.2) is 0 Å². The van der Waals surface area contributed by atoms with Gasteiger partial charge in [0.1, 0.15) is 5.60 Å². The number of halogens is 2. The lowest BCUT2D eigenvalue weighted by atomic mass is 9.97. The zero-order chi connectivity index (χ0) is 14.8. The Labute approximate surface area is 113 Å². The van der Waals surface area contributed by atoms with Crippen molar-refractivity contribution in [3.8, 4) is 0 Å². The third-order valence-corrected chi connectivity index (χ3v) is 3.41. The molecule has 0 aromatic heterocycles. The van der Waals surface area contributed by atoms with Crippen LogP contribution in [0.4, 0.5) is 13.6 Å². The van der Waals surface area contributed by atoms with Crippen LogP contribution in [-0.4, -0.2) is 60.6 Å². The second-order valence-corrected chi connectivity index (χ2v) is 6.15. The van der Waals surface area contributed by atoms with Crippen LogP contribution in [0.1, 0.15) is 33.6 Å². The molecule has 0 aliphatic carbocycles. The highest BCUT2D eigenvalue weighted by Crippen LogP contribution is 2.25. The van der Waals surface area contributed by atoms with Crippen molar-refractivity contribution in [3.05, 3.63) is 0 Å². The maximum atomic E-state index is 12.9. The Hall–Kier alpha value is -0.910. The van der Waals surface area contributed by atoms with E-state index >= 15 is 0 Å². The molecule has 0 N–H and O–H groups in total. The van der Waals surface area contributed by atoms with E-state index in [1.807, 2.05) is 0 Å². The predicted octanol–water partition coefficient (Wildman–Crippen LogP) is 2.58. The van der Waals surface area contributed by atoms with Crippen LogP contribution in [0.2, 0.25) is 0 Å². The average Bonchev–Trinajstić information content (AvgIpc) is 2.26. The highest BCUT2D eigenvalue weighted by atomic mass is 19.3. The maximum absolute atomic E-state index is 12.9. The quantitative estimate of drug-likeness (QED) is 0.778. The Morgan fingerprint density at radius 2 is 2.00 bits per heavy atom. The number of amides is 1. The molecule has 2 atom stereocenters. The summed E-state index contributed by atoms with van der Waals surface area (Å²) in [6.45, 7) is 5.92. The Balaban J connectivity index is 2.62. The van der Waals surface area contributed by atoms with E-state index in [1.54, 1.807) is 39.8 Å². The first-order valence-corrected chi connectivity index (χ1v) is 6.56. The number of carbonyl (C=O) groups excluding carboxylic acids is 1. The van der Waals surface area contributed by atoms with Gasteiger partial charge in [0.2, 0.25) is 0 Å². The third-order valence-electron chi connectivity index (χ3n) is 3.41. The van der Waals surface area contributed by atoms with Gasteiger partial charge in [0.25, 0.3) is 6.43 Å². The van der Waals surface area contributed by atoms with Gasteiger partial charge in [0.05, 0.1) is 6.04 Å². The van der Waals surface area contributed by atoms with Crippen LogP contribution in [0.5, 0.6) is 0 Å². The van der Waals surface area contributed by atoms with E-state index in [2.05, 4.69) is 0 Å². The Kier molecular flexibility index (Phi) is 5.12. The van der Waals surface area contributed by atoms with Gasteiger partial charge in [-0.15, -0.1) is 0 Å². The second-order valence-electron chi connectivity index (χ2n) is 6.15. The number of ether oxygens (including phenoxy) is 1. The summed E-state index contributed by atoms with van der Waals surface area (Å²) in [5, 5.41) is 0. The van der Waals surface area contributed by atoms with Crippen LogP contribution < -0.4 is 0 Å². The lowest BCUT2D eigenvalue weighted by Crippen LogP contribution is -2.52. The third kappa shape index (κ3) is 4.60. The molecule has 19 heavy (non-hydrogen) atoms. The van der Waals surface area contributed by atoms with Gasteiger partial charge in [-0.3, -0.25) is 4.90 Å². The molecular formula is C13H24F2N2O2. The molecule has 0 radical (unpaired) electrons. The van der Waals surface area contributed by atoms with E-state index in [-0.39, 0.29) is 12.5 Å². The van der Waals surface area contributed by atoms with Gasteiger partial charge in [0, 0.05) is 19.6 Å². The van der Waals surface area contributed by atoms with Crippen LogP contribution in [0.25, 0.3) is 0 Å². The fourth-order valence-corrected chi connectivity index (χ4v) is 2.23. The van der Waals surface area contributed by atoms with Crippen LogP contribution in [0, 0.1) is 0 Å². The van der Waals surface area contributed by atoms with E-state index in [1.165, 1.54) is 4.90 Å². The molecule has 0 spiro atoms. The number of alkyl halides is 2. The van der Waals surface area contributed by atoms with Gasteiger partial charge in [-0.25, -0.2) is 13.6 Å². The fraction of sp³-hybridized carbons (Fsp3) is 0.923. The molecule has 1 heterocycles. The summed E-state index contributed by atoms with van der Waals surface area (Å²) >= 11 is 0. The lowest BCUT2D eigenvalue weighted by molar-refractivity contribution is -0.0191. The summed E-state index contributed by atoms with van der Waals surface area (Å²) < 4.78 is 31.1. The average molecular weight is 278 g/mol. The highest BCUT2D eigenvalue weighted by molar-refractivity contribution is 5.68. The van der Waals surface area contributed by atoms with Gasteiger partial charge in [-0.1, -0.05) is 0 Å². The Morgan fingerprint density at radius 1 is 1.42 bits per heavy atom. The molecule has 112 valence electrons. The summed E-state index contributed by atoms with van der Waals surface area (Å²) in [4.78, 5) is 15.0. The topological polar surface area (TPSA) is 32.8 Å². The monoisotopic (exact) mass is 278 g/mol. The minimum absolute atomic E-state index is 0.190. The zero-order valence-electron chi connectivity index (χ0n) is 12.3. The van der Waals surface area contributed by atoms with Crippen molar-refractivity contribution in [1.29, 1.82) is 0 Å². The number of likely N-dealkylation sites (tertiary alicyclic amines) is 1. The number of hydrogen-bond donors (Lipinski definition) is 0. The number of rotatable bonds is 2. The second kappa shape index (κ2) is 6.03. The van der Waals surface area contributed by atoms with E-state index in [0.717, 1.165) is 0 Å². The standard InChI is InChI=1S/C13H24F2N2O2/c1-13(2,3)19-12(18)17(5)9-6-7-16(4)10(8-9)11(14)15/h9-11H,6-8H2,1-5H3. The van der Waals surface area contributed by atoms with Crippen LogP contribution in [0.3, 0.4) is 0 Å². The summed E-state index contributed by atoms with van der Waals surface area (Å²) in [6, 6.07) is -0.978. The summed E-state index contributed by atoms with van der Waals surface area (Å²) in [7, 11) is 3.31. The molecule has 1 saturated heterocycles. The first-order valence-electron chi connectivity index (χ1n) is 6.56. The molecule has 0 saturated carbocycles. The fourth-order valence-electron chi connectivity index (χ4n) is 2.23. The lowest BCUT2D eigenvalue weighted by Gasteiger charge is -2.40. The largest absolute Gasteiger partial charge is 0.444 e. The Bertz CT molecular complexity index is 318. The van der Waals surface area contributed by atoms with Crippen LogP contribution in [-0.2, 0) is 4.74 Å². The van der Waals surface area contributed by atoms with Crippen molar-refractivity contribution >= 4 is 6.09 Å². The minimum atomic E-state index is -2.39. The molecule has 1 aliphatic heterocycles. The normalized spacial score (nSPS) is 25.5. The van der Waals surface area contributed by atoms with Gasteiger partial charge in [-0.05, 0) is 40.7 Å². The number of nitrogens with zero attached hydrogens (tertiary/aromatic N) is 2. The first-order chi connectivity index (χ1) is 8.61. The maximum Gasteiger partial charge on any atom is 0.410 e. The van der Waals surface area contributed by atoms with E-state index in [4.69, 9.17) is 4.74 Å². The zero-order valence-corrected chi connectivity index (χ0v) is 12.3. The SMILES string of the molecule is CN1CCC(N(C)C(=O)OC(C)(C)C)CC1C(F)F. The molecule has 4 nitrogen and oxygen atoms in total. The van der Waals surface area contributed by atoms with Gasteiger partial charge in [-0.2, -0.15) is 0 Å². The smallest absolute Gasteiger partial charge is 0.410 e.